The highest BCUT2D eigenvalue weighted by Gasteiger charge is 2.08. The van der Waals surface area contributed by atoms with Crippen LogP contribution in [0.2, 0.25) is 5.15 Å². The Bertz CT molecular complexity index is 342. The van der Waals surface area contributed by atoms with Crippen molar-refractivity contribution in [2.24, 2.45) is 0 Å². The van der Waals surface area contributed by atoms with Crippen LogP contribution in [0.3, 0.4) is 0 Å². The van der Waals surface area contributed by atoms with Gasteiger partial charge in [0, 0.05) is 5.69 Å². The van der Waals surface area contributed by atoms with Gasteiger partial charge in [-0.1, -0.05) is 23.8 Å². The molecule has 62 valence electrons. The first kappa shape index (κ1) is 7.81. The lowest BCUT2D eigenvalue weighted by molar-refractivity contribution is 0.922. The highest BCUT2D eigenvalue weighted by atomic mass is 35.5. The summed E-state index contributed by atoms with van der Waals surface area (Å²) in [6.45, 7) is 2.07. The lowest BCUT2D eigenvalue weighted by Gasteiger charge is -2.11. The molecular formula is C10H10ClN. The van der Waals surface area contributed by atoms with E-state index in [9.17, 15) is 0 Å². The molecule has 0 unspecified atom stereocenters. The molecule has 0 aliphatic heterocycles. The maximum absolute atomic E-state index is 5.85. The maximum atomic E-state index is 5.85. The first-order chi connectivity index (χ1) is 5.77. The van der Waals surface area contributed by atoms with Crippen molar-refractivity contribution in [3.8, 4) is 0 Å². The third kappa shape index (κ3) is 1.25. The van der Waals surface area contributed by atoms with Gasteiger partial charge in [0.25, 0.3) is 0 Å². The Labute approximate surface area is 77.1 Å². The Hall–Kier alpha value is -0.820. The Balaban J connectivity index is 2.62. The van der Waals surface area contributed by atoms with Crippen LogP contribution in [0.1, 0.15) is 23.2 Å². The quantitative estimate of drug-likeness (QED) is 0.558. The summed E-state index contributed by atoms with van der Waals surface area (Å²) in [4.78, 5) is 4.29. The topological polar surface area (TPSA) is 12.9 Å². The third-order valence-electron chi connectivity index (χ3n) is 2.15. The SMILES string of the molecule is Cc1cc(Cl)nc2c1C=CCC2. The predicted molar refractivity (Wildman–Crippen MR) is 51.3 cm³/mol. The van der Waals surface area contributed by atoms with Crippen LogP contribution in [-0.4, -0.2) is 4.98 Å². The Kier molecular flexibility index (Phi) is 1.89. The molecule has 0 aromatic carbocycles. The molecule has 1 aromatic rings. The molecule has 1 aromatic heterocycles. The van der Waals surface area contributed by atoms with E-state index in [-0.39, 0.29) is 0 Å². The Morgan fingerprint density at radius 2 is 2.33 bits per heavy atom. The van der Waals surface area contributed by atoms with Gasteiger partial charge in [0.1, 0.15) is 5.15 Å². The standard InChI is InChI=1S/C10H10ClN/c1-7-6-10(11)12-9-5-3-2-4-8(7)9/h2,4,6H,3,5H2,1H3. The molecule has 0 saturated carbocycles. The predicted octanol–water partition coefficient (Wildman–Crippen LogP) is 3.00. The van der Waals surface area contributed by atoms with Crippen LogP contribution in [0.4, 0.5) is 0 Å². The first-order valence-corrected chi connectivity index (χ1v) is 4.48. The summed E-state index contributed by atoms with van der Waals surface area (Å²) in [5, 5.41) is 0.613. The number of rotatable bonds is 0. The highest BCUT2D eigenvalue weighted by molar-refractivity contribution is 6.29. The second kappa shape index (κ2) is 2.91. The molecule has 0 amide bonds. The summed E-state index contributed by atoms with van der Waals surface area (Å²) >= 11 is 5.85. The summed E-state index contributed by atoms with van der Waals surface area (Å²) < 4.78 is 0. The van der Waals surface area contributed by atoms with Gasteiger partial charge in [0.15, 0.2) is 0 Å². The number of allylic oxidation sites excluding steroid dienone is 1. The van der Waals surface area contributed by atoms with Gasteiger partial charge in [-0.15, -0.1) is 0 Å². The van der Waals surface area contributed by atoms with Gasteiger partial charge >= 0.3 is 0 Å². The zero-order valence-electron chi connectivity index (χ0n) is 6.97. The number of aromatic nitrogens is 1. The van der Waals surface area contributed by atoms with Crippen LogP contribution in [0.25, 0.3) is 6.08 Å². The molecule has 12 heavy (non-hydrogen) atoms. The molecule has 1 nitrogen and oxygen atoms in total. The lowest BCUT2D eigenvalue weighted by atomic mass is 9.99. The van der Waals surface area contributed by atoms with Crippen molar-refractivity contribution < 1.29 is 0 Å². The molecule has 0 atom stereocenters. The van der Waals surface area contributed by atoms with Crippen LogP contribution < -0.4 is 0 Å². The zero-order chi connectivity index (χ0) is 8.55. The van der Waals surface area contributed by atoms with E-state index in [0.717, 1.165) is 18.5 Å². The Morgan fingerprint density at radius 1 is 1.50 bits per heavy atom. The second-order valence-electron chi connectivity index (χ2n) is 3.06. The first-order valence-electron chi connectivity index (χ1n) is 4.10. The molecule has 0 fully saturated rings. The van der Waals surface area contributed by atoms with Crippen molar-refractivity contribution in [1.29, 1.82) is 0 Å². The van der Waals surface area contributed by atoms with Crippen molar-refractivity contribution in [2.45, 2.75) is 19.8 Å². The molecule has 0 bridgehead atoms. The number of fused-ring (bicyclic) bond motifs is 1. The molecule has 1 heterocycles. The number of hydrogen-bond donors (Lipinski definition) is 0. The largest absolute Gasteiger partial charge is 0.241 e. The van der Waals surface area contributed by atoms with E-state index in [1.165, 1.54) is 11.1 Å². The molecular weight excluding hydrogens is 170 g/mol. The summed E-state index contributed by atoms with van der Waals surface area (Å²) in [6, 6.07) is 1.91. The van der Waals surface area contributed by atoms with E-state index in [1.807, 2.05) is 6.07 Å². The second-order valence-corrected chi connectivity index (χ2v) is 3.45. The van der Waals surface area contributed by atoms with Gasteiger partial charge in [-0.05, 0) is 37.0 Å². The summed E-state index contributed by atoms with van der Waals surface area (Å²) in [6.07, 6.45) is 6.43. The van der Waals surface area contributed by atoms with Crippen LogP contribution in [0, 0.1) is 6.92 Å². The fourth-order valence-electron chi connectivity index (χ4n) is 1.54. The van der Waals surface area contributed by atoms with E-state index in [2.05, 4.69) is 24.1 Å². The molecule has 0 N–H and O–H groups in total. The summed E-state index contributed by atoms with van der Waals surface area (Å²) in [5.74, 6) is 0. The third-order valence-corrected chi connectivity index (χ3v) is 2.34. The van der Waals surface area contributed by atoms with E-state index in [1.54, 1.807) is 0 Å². The van der Waals surface area contributed by atoms with Crippen molar-refractivity contribution in [2.75, 3.05) is 0 Å². The zero-order valence-corrected chi connectivity index (χ0v) is 7.73. The van der Waals surface area contributed by atoms with Gasteiger partial charge in [0.2, 0.25) is 0 Å². The van der Waals surface area contributed by atoms with Gasteiger partial charge in [-0.25, -0.2) is 4.98 Å². The van der Waals surface area contributed by atoms with Crippen molar-refractivity contribution in [1.82, 2.24) is 4.98 Å². The van der Waals surface area contributed by atoms with Crippen molar-refractivity contribution in [3.63, 3.8) is 0 Å². The number of aryl methyl sites for hydroxylation is 2. The van der Waals surface area contributed by atoms with E-state index in [4.69, 9.17) is 11.6 Å². The fraction of sp³-hybridized carbons (Fsp3) is 0.300. The number of hydrogen-bond acceptors (Lipinski definition) is 1. The molecule has 1 aliphatic carbocycles. The molecule has 0 radical (unpaired) electrons. The monoisotopic (exact) mass is 179 g/mol. The van der Waals surface area contributed by atoms with Gasteiger partial charge in [-0.3, -0.25) is 0 Å². The molecule has 0 spiro atoms. The Morgan fingerprint density at radius 3 is 3.17 bits per heavy atom. The number of halogens is 1. The van der Waals surface area contributed by atoms with E-state index in [0.29, 0.717) is 5.15 Å². The van der Waals surface area contributed by atoms with E-state index >= 15 is 0 Å². The van der Waals surface area contributed by atoms with Crippen molar-refractivity contribution >= 4 is 17.7 Å². The van der Waals surface area contributed by atoms with Crippen LogP contribution in [0.5, 0.6) is 0 Å². The van der Waals surface area contributed by atoms with Crippen LogP contribution in [-0.2, 0) is 6.42 Å². The highest BCUT2D eigenvalue weighted by Crippen LogP contribution is 2.23. The number of nitrogens with zero attached hydrogens (tertiary/aromatic N) is 1. The van der Waals surface area contributed by atoms with Gasteiger partial charge < -0.3 is 0 Å². The fourth-order valence-corrected chi connectivity index (χ4v) is 1.81. The molecule has 1 aliphatic rings. The minimum atomic E-state index is 0.613. The normalized spacial score (nSPS) is 14.5. The average molecular weight is 180 g/mol. The molecule has 2 heteroatoms. The molecule has 2 rings (SSSR count). The average Bonchev–Trinajstić information content (AvgIpc) is 2.04. The maximum Gasteiger partial charge on any atom is 0.129 e. The lowest BCUT2D eigenvalue weighted by Crippen LogP contribution is -2.00. The van der Waals surface area contributed by atoms with E-state index < -0.39 is 0 Å². The number of pyridine rings is 1. The summed E-state index contributed by atoms with van der Waals surface area (Å²) in [5.41, 5.74) is 3.62. The van der Waals surface area contributed by atoms with Gasteiger partial charge in [-0.2, -0.15) is 0 Å². The van der Waals surface area contributed by atoms with Gasteiger partial charge in [0.05, 0.1) is 0 Å². The van der Waals surface area contributed by atoms with Crippen LogP contribution >= 0.6 is 11.6 Å². The molecule has 0 saturated heterocycles. The minimum Gasteiger partial charge on any atom is -0.241 e. The van der Waals surface area contributed by atoms with Crippen molar-refractivity contribution in [3.05, 3.63) is 34.1 Å². The minimum absolute atomic E-state index is 0.613. The smallest absolute Gasteiger partial charge is 0.129 e. The summed E-state index contributed by atoms with van der Waals surface area (Å²) in [7, 11) is 0. The van der Waals surface area contributed by atoms with Crippen LogP contribution in [0.15, 0.2) is 12.1 Å².